The Morgan fingerprint density at radius 3 is 1.63 bits per heavy atom. The second-order valence-corrected chi connectivity index (χ2v) is 20.1. The topological polar surface area (TPSA) is 152 Å². The summed E-state index contributed by atoms with van der Waals surface area (Å²) in [6.07, 6.45) is 3.97. The molecule has 57 heavy (non-hydrogen) atoms. The molecule has 0 bridgehead atoms. The van der Waals surface area contributed by atoms with Gasteiger partial charge < -0.3 is 28.8 Å². The molecule has 1 aromatic carbocycles. The Hall–Kier alpha value is -3.31. The van der Waals surface area contributed by atoms with Gasteiger partial charge in [-0.2, -0.15) is 0 Å². The molecule has 0 aliphatic rings. The van der Waals surface area contributed by atoms with E-state index in [1.54, 1.807) is 19.9 Å². The van der Waals surface area contributed by atoms with Gasteiger partial charge in [0.2, 0.25) is 0 Å². The third-order valence-electron chi connectivity index (χ3n) is 12.2. The zero-order valence-electron chi connectivity index (χ0n) is 38.2. The zero-order chi connectivity index (χ0) is 44.3. The lowest BCUT2D eigenvalue weighted by atomic mass is 9.47. The van der Waals surface area contributed by atoms with E-state index in [-0.39, 0.29) is 60.8 Å². The Kier molecular flexibility index (Phi) is 18.7. The van der Waals surface area contributed by atoms with Crippen LogP contribution in [0.3, 0.4) is 0 Å². The Morgan fingerprint density at radius 1 is 0.614 bits per heavy atom. The maximum Gasteiger partial charge on any atom is 0.339 e. The van der Waals surface area contributed by atoms with Gasteiger partial charge in [0.05, 0.1) is 34.7 Å². The molecule has 0 spiro atoms. The summed E-state index contributed by atoms with van der Waals surface area (Å²) in [4.78, 5) is 65.6. The van der Waals surface area contributed by atoms with E-state index in [1.165, 1.54) is 18.2 Å². The number of Topliss-reactive ketones (excluding diaryl/α,β-unsaturated/α-hetero) is 1. The van der Waals surface area contributed by atoms with Gasteiger partial charge in [-0.1, -0.05) is 87.8 Å². The lowest BCUT2D eigenvalue weighted by molar-refractivity contribution is -0.183. The van der Waals surface area contributed by atoms with Crippen molar-refractivity contribution in [1.82, 2.24) is 0 Å². The largest absolute Gasteiger partial charge is 0.478 e. The summed E-state index contributed by atoms with van der Waals surface area (Å²) in [5, 5.41) is 9.45. The molecular formula is C46H76O11. The van der Waals surface area contributed by atoms with Crippen LogP contribution in [0.15, 0.2) is 24.3 Å². The van der Waals surface area contributed by atoms with Crippen LogP contribution in [0.25, 0.3) is 0 Å². The predicted octanol–water partition coefficient (Wildman–Crippen LogP) is 9.92. The summed E-state index contributed by atoms with van der Waals surface area (Å²) in [7, 11) is 0. The predicted molar refractivity (Wildman–Crippen MR) is 222 cm³/mol. The highest BCUT2D eigenvalue weighted by molar-refractivity contribution is 6.02. The number of ether oxygens (including phenoxy) is 5. The summed E-state index contributed by atoms with van der Waals surface area (Å²) >= 11 is 0. The number of carbonyl (C=O) groups excluding carboxylic acids is 4. The van der Waals surface area contributed by atoms with Crippen LogP contribution in [-0.2, 0) is 38.1 Å². The maximum absolute atomic E-state index is 14.2. The van der Waals surface area contributed by atoms with E-state index in [0.717, 1.165) is 19.3 Å². The number of hydrogen-bond acceptors (Lipinski definition) is 10. The summed E-state index contributed by atoms with van der Waals surface area (Å²) in [6.45, 7) is 31.9. The zero-order valence-corrected chi connectivity index (χ0v) is 38.2. The highest BCUT2D eigenvalue weighted by Gasteiger charge is 2.60. The van der Waals surface area contributed by atoms with Crippen LogP contribution in [0.4, 0.5) is 0 Å². The lowest BCUT2D eigenvalue weighted by Crippen LogP contribution is -2.56. The molecule has 0 aliphatic carbocycles. The number of benzene rings is 1. The van der Waals surface area contributed by atoms with Gasteiger partial charge in [-0.25, -0.2) is 9.59 Å². The minimum absolute atomic E-state index is 0.00137. The van der Waals surface area contributed by atoms with Crippen LogP contribution in [0, 0.1) is 32.5 Å². The van der Waals surface area contributed by atoms with E-state index in [2.05, 4.69) is 34.6 Å². The Balaban J connectivity index is 3.10. The molecule has 1 rings (SSSR count). The molecule has 0 saturated heterocycles. The van der Waals surface area contributed by atoms with Gasteiger partial charge in [0.25, 0.3) is 0 Å². The molecule has 1 N–H and O–H groups in total. The fraction of sp³-hybridized carbons (Fsp3) is 0.761. The minimum atomic E-state index is -1.25. The minimum Gasteiger partial charge on any atom is -0.478 e. The molecule has 0 aliphatic heterocycles. The van der Waals surface area contributed by atoms with Crippen molar-refractivity contribution in [3.8, 4) is 0 Å². The van der Waals surface area contributed by atoms with E-state index in [9.17, 15) is 29.1 Å². The Labute approximate surface area is 343 Å². The molecule has 11 nitrogen and oxygen atoms in total. The summed E-state index contributed by atoms with van der Waals surface area (Å²) < 4.78 is 28.6. The van der Waals surface area contributed by atoms with Crippen LogP contribution in [0.5, 0.6) is 0 Å². The molecule has 0 radical (unpaired) electrons. The lowest BCUT2D eigenvalue weighted by Gasteiger charge is -2.56. The van der Waals surface area contributed by atoms with E-state index < -0.39 is 50.6 Å². The van der Waals surface area contributed by atoms with Gasteiger partial charge in [0.15, 0.2) is 5.78 Å². The molecule has 2 atom stereocenters. The monoisotopic (exact) mass is 805 g/mol. The molecule has 0 amide bonds. The fourth-order valence-electron chi connectivity index (χ4n) is 7.31. The number of hydrogen-bond donors (Lipinski definition) is 1. The molecule has 326 valence electrons. The average Bonchev–Trinajstić information content (AvgIpc) is 3.07. The van der Waals surface area contributed by atoms with Crippen molar-refractivity contribution in [3.05, 3.63) is 35.4 Å². The van der Waals surface area contributed by atoms with E-state index in [0.29, 0.717) is 25.9 Å². The van der Waals surface area contributed by atoms with Crippen molar-refractivity contribution in [2.24, 2.45) is 32.5 Å². The van der Waals surface area contributed by atoms with Gasteiger partial charge in [-0.3, -0.25) is 14.4 Å². The first-order valence-corrected chi connectivity index (χ1v) is 20.5. The molecule has 0 heterocycles. The van der Waals surface area contributed by atoms with Crippen molar-refractivity contribution in [1.29, 1.82) is 0 Å². The summed E-state index contributed by atoms with van der Waals surface area (Å²) in [5.41, 5.74) is -5.59. The van der Waals surface area contributed by atoms with Crippen LogP contribution >= 0.6 is 0 Å². The van der Waals surface area contributed by atoms with Crippen molar-refractivity contribution in [2.75, 3.05) is 33.0 Å². The number of aromatic carboxylic acids is 1. The summed E-state index contributed by atoms with van der Waals surface area (Å²) in [6, 6.07) is 5.76. The van der Waals surface area contributed by atoms with E-state index in [1.807, 2.05) is 62.3 Å². The highest BCUT2D eigenvalue weighted by Crippen LogP contribution is 2.61. The second kappa shape index (κ2) is 20.6. The second-order valence-electron chi connectivity index (χ2n) is 20.1. The van der Waals surface area contributed by atoms with Gasteiger partial charge >= 0.3 is 23.9 Å². The number of rotatable bonds is 24. The number of ketones is 1. The molecule has 1 aromatic rings. The Morgan fingerprint density at radius 2 is 1.12 bits per heavy atom. The SMILES string of the molecule is CC(C)OCCCCCC(=O)C(C)(C)OCCOC(=O)C(C)(CC(C)(C)C(C)(C)C(C)(CC(C)(C)C)C(=O)OCCOC(=O)c1ccccc1C(=O)O)C(C)(C)C. The number of carboxylic acid groups (broad SMARTS) is 1. The normalized spacial score (nSPS) is 15.0. The van der Waals surface area contributed by atoms with Crippen molar-refractivity contribution >= 4 is 29.7 Å². The van der Waals surface area contributed by atoms with Crippen molar-refractivity contribution in [3.63, 3.8) is 0 Å². The molecular weight excluding hydrogens is 728 g/mol. The van der Waals surface area contributed by atoms with Crippen molar-refractivity contribution < 1.29 is 52.8 Å². The standard InChI is InChI=1S/C46H76O11/c1-32(2)53-25-21-17-18-24-35(47)43(11,12)57-29-28-56-38(51)45(15,41(6,7)8)31-42(9,10)44(13,14)46(16,30-40(3,4)5)39(52)55-27-26-54-37(50)34-23-20-19-22-33(34)36(48)49/h19-20,22-23,32H,17-18,21,24-31H2,1-16H3,(H,48,49). The Bertz CT molecular complexity index is 1510. The first-order valence-electron chi connectivity index (χ1n) is 20.5. The van der Waals surface area contributed by atoms with Crippen LogP contribution in [-0.4, -0.2) is 79.5 Å². The van der Waals surface area contributed by atoms with Gasteiger partial charge in [0, 0.05) is 13.0 Å². The first-order chi connectivity index (χ1) is 25.9. The van der Waals surface area contributed by atoms with Gasteiger partial charge in [0.1, 0.15) is 25.4 Å². The van der Waals surface area contributed by atoms with E-state index >= 15 is 0 Å². The number of carbonyl (C=O) groups is 5. The third kappa shape index (κ3) is 14.5. The van der Waals surface area contributed by atoms with E-state index in [4.69, 9.17) is 23.7 Å². The molecule has 0 aromatic heterocycles. The number of esters is 3. The quantitative estimate of drug-likeness (QED) is 0.0604. The van der Waals surface area contributed by atoms with Crippen LogP contribution < -0.4 is 0 Å². The van der Waals surface area contributed by atoms with Gasteiger partial charge in [-0.05, 0) is 101 Å². The summed E-state index contributed by atoms with van der Waals surface area (Å²) in [5.74, 6) is -2.93. The molecule has 0 fully saturated rings. The van der Waals surface area contributed by atoms with Gasteiger partial charge in [-0.15, -0.1) is 0 Å². The third-order valence-corrected chi connectivity index (χ3v) is 12.2. The average molecular weight is 805 g/mol. The maximum atomic E-state index is 14.2. The number of carboxylic acids is 1. The fourth-order valence-corrected chi connectivity index (χ4v) is 7.31. The van der Waals surface area contributed by atoms with Crippen LogP contribution in [0.2, 0.25) is 0 Å². The first kappa shape index (κ1) is 51.7. The molecule has 0 saturated carbocycles. The molecule has 11 heteroatoms. The number of unbranched alkanes of at least 4 members (excludes halogenated alkanes) is 2. The van der Waals surface area contributed by atoms with Crippen molar-refractivity contribution in [2.45, 2.75) is 161 Å². The smallest absolute Gasteiger partial charge is 0.339 e. The highest BCUT2D eigenvalue weighted by atomic mass is 16.6. The van der Waals surface area contributed by atoms with Crippen LogP contribution in [0.1, 0.15) is 170 Å². The molecule has 2 unspecified atom stereocenters.